The molecule has 3 aliphatic carbocycles. The van der Waals surface area contributed by atoms with Crippen LogP contribution in [0.25, 0.3) is 0 Å². The van der Waals surface area contributed by atoms with E-state index >= 15 is 0 Å². The maximum Gasteiger partial charge on any atom is 0.324 e. The summed E-state index contributed by atoms with van der Waals surface area (Å²) in [6.45, 7) is 0. The molecule has 4 aliphatic rings. The first-order valence-corrected chi connectivity index (χ1v) is 7.56. The standard InChI is InChI=1S/C11H8ClNO3S/c12-17(15,16)13-7-3-6-10-4-1-2-5-11(7,10)8(10)9(13)14/h1-8H/t7-,8+,10-,11+/m0/s1. The second-order valence-electron chi connectivity index (χ2n) is 4.90. The molecule has 4 atom stereocenters. The highest BCUT2D eigenvalue weighted by Gasteiger charge is 2.87. The van der Waals surface area contributed by atoms with Gasteiger partial charge >= 0.3 is 9.24 Å². The molecule has 1 saturated heterocycles. The van der Waals surface area contributed by atoms with Gasteiger partial charge in [0.25, 0.3) is 0 Å². The van der Waals surface area contributed by atoms with Crippen LogP contribution in [0.1, 0.15) is 0 Å². The Balaban J connectivity index is 1.95. The molecule has 4 rings (SSSR count). The molecule has 2 fully saturated rings. The van der Waals surface area contributed by atoms with Crippen LogP contribution in [0.4, 0.5) is 0 Å². The Morgan fingerprint density at radius 3 is 2.65 bits per heavy atom. The van der Waals surface area contributed by atoms with Crippen LogP contribution >= 0.6 is 10.7 Å². The van der Waals surface area contributed by atoms with Crippen molar-refractivity contribution >= 4 is 25.8 Å². The quantitative estimate of drug-likeness (QED) is 0.527. The normalized spacial score (nSPS) is 48.5. The van der Waals surface area contributed by atoms with Gasteiger partial charge in [0.1, 0.15) is 0 Å². The van der Waals surface area contributed by atoms with E-state index in [2.05, 4.69) is 0 Å². The third-order valence-electron chi connectivity index (χ3n) is 4.47. The summed E-state index contributed by atoms with van der Waals surface area (Å²) in [6.07, 6.45) is 11.4. The zero-order chi connectivity index (χ0) is 12.1. The average Bonchev–Trinajstić information content (AvgIpc) is 2.64. The summed E-state index contributed by atoms with van der Waals surface area (Å²) in [5.41, 5.74) is -0.692. The molecule has 0 aromatic heterocycles. The van der Waals surface area contributed by atoms with Gasteiger partial charge in [-0.1, -0.05) is 36.5 Å². The minimum absolute atomic E-state index is 0.290. The maximum absolute atomic E-state index is 12.2. The highest BCUT2D eigenvalue weighted by molar-refractivity contribution is 8.12. The van der Waals surface area contributed by atoms with Gasteiger partial charge in [-0.25, -0.2) is 4.31 Å². The van der Waals surface area contributed by atoms with E-state index in [4.69, 9.17) is 10.7 Å². The predicted octanol–water partition coefficient (Wildman–Crippen LogP) is 0.979. The molecule has 0 N–H and O–H groups in total. The van der Waals surface area contributed by atoms with Crippen LogP contribution in [-0.4, -0.2) is 24.7 Å². The number of allylic oxidation sites excluding steroid dienone is 4. The van der Waals surface area contributed by atoms with Crippen LogP contribution in [0.15, 0.2) is 36.5 Å². The number of rotatable bonds is 1. The molecule has 17 heavy (non-hydrogen) atoms. The van der Waals surface area contributed by atoms with E-state index in [1.165, 1.54) is 0 Å². The highest BCUT2D eigenvalue weighted by atomic mass is 35.7. The van der Waals surface area contributed by atoms with E-state index in [9.17, 15) is 13.2 Å². The topological polar surface area (TPSA) is 54.5 Å². The van der Waals surface area contributed by atoms with Crippen molar-refractivity contribution in [2.75, 3.05) is 0 Å². The second kappa shape index (κ2) is 2.37. The van der Waals surface area contributed by atoms with E-state index in [1.54, 1.807) is 6.08 Å². The van der Waals surface area contributed by atoms with E-state index in [0.29, 0.717) is 0 Å². The molecule has 88 valence electrons. The molecule has 0 bridgehead atoms. The predicted molar refractivity (Wildman–Crippen MR) is 61.2 cm³/mol. The van der Waals surface area contributed by atoms with Gasteiger partial charge in [-0.15, -0.1) is 0 Å². The molecular weight excluding hydrogens is 262 g/mol. The summed E-state index contributed by atoms with van der Waals surface area (Å²) in [7, 11) is 1.34. The third-order valence-corrected chi connectivity index (χ3v) is 5.80. The molecular formula is C11H8ClNO3S. The lowest BCUT2D eigenvalue weighted by Gasteiger charge is -2.27. The summed E-state index contributed by atoms with van der Waals surface area (Å²) in [5.74, 6) is -0.681. The van der Waals surface area contributed by atoms with Gasteiger partial charge in [0.05, 0.1) is 12.0 Å². The summed E-state index contributed by atoms with van der Waals surface area (Å²) >= 11 is 0. The SMILES string of the molecule is O=C1[C@@H]2[C@@]34C=CC=C[C@@]23[C@H](C=C4)N1S(=O)(=O)Cl. The van der Waals surface area contributed by atoms with Gasteiger partial charge in [-0.2, -0.15) is 8.42 Å². The van der Waals surface area contributed by atoms with Crippen molar-refractivity contribution < 1.29 is 13.2 Å². The zero-order valence-electron chi connectivity index (χ0n) is 8.58. The first-order chi connectivity index (χ1) is 7.95. The maximum atomic E-state index is 12.2. The van der Waals surface area contributed by atoms with Crippen LogP contribution in [0, 0.1) is 16.7 Å². The van der Waals surface area contributed by atoms with E-state index in [1.807, 2.05) is 30.4 Å². The lowest BCUT2D eigenvalue weighted by Crippen LogP contribution is -2.41. The van der Waals surface area contributed by atoms with Crippen LogP contribution in [0.3, 0.4) is 0 Å². The Morgan fingerprint density at radius 2 is 1.94 bits per heavy atom. The number of hydrogen-bond acceptors (Lipinski definition) is 3. The third kappa shape index (κ3) is 0.770. The Hall–Kier alpha value is -1.07. The highest BCUT2D eigenvalue weighted by Crippen LogP contribution is 2.82. The Kier molecular flexibility index (Phi) is 1.38. The minimum Gasteiger partial charge on any atom is -0.273 e. The summed E-state index contributed by atoms with van der Waals surface area (Å²) in [6, 6.07) is -0.455. The van der Waals surface area contributed by atoms with E-state index in [-0.39, 0.29) is 17.2 Å². The number of piperidine rings is 1. The Labute approximate surface area is 103 Å². The number of carbonyl (C=O) groups is 1. The van der Waals surface area contributed by atoms with Crippen LogP contribution in [0.2, 0.25) is 0 Å². The number of carbonyl (C=O) groups excluding carboxylic acids is 1. The number of halogens is 1. The molecule has 0 aromatic rings. The molecule has 1 amide bonds. The van der Waals surface area contributed by atoms with Crippen LogP contribution in [0.5, 0.6) is 0 Å². The molecule has 1 heterocycles. The van der Waals surface area contributed by atoms with Crippen molar-refractivity contribution in [3.05, 3.63) is 36.5 Å². The van der Waals surface area contributed by atoms with E-state index in [0.717, 1.165) is 4.31 Å². The minimum atomic E-state index is -4.00. The lowest BCUT2D eigenvalue weighted by molar-refractivity contribution is -0.126. The van der Waals surface area contributed by atoms with Crippen molar-refractivity contribution in [2.24, 2.45) is 16.7 Å². The number of nitrogens with zero attached hydrogens (tertiary/aromatic N) is 1. The van der Waals surface area contributed by atoms with Gasteiger partial charge < -0.3 is 0 Å². The van der Waals surface area contributed by atoms with Crippen LogP contribution < -0.4 is 0 Å². The van der Waals surface area contributed by atoms with Gasteiger partial charge in [0, 0.05) is 21.5 Å². The van der Waals surface area contributed by atoms with Crippen LogP contribution in [-0.2, 0) is 14.0 Å². The fraction of sp³-hybridized carbons (Fsp3) is 0.364. The fourth-order valence-corrected chi connectivity index (χ4v) is 5.20. The zero-order valence-corrected chi connectivity index (χ0v) is 10.1. The van der Waals surface area contributed by atoms with Gasteiger partial charge in [0.2, 0.25) is 5.91 Å². The smallest absolute Gasteiger partial charge is 0.273 e. The number of amides is 1. The van der Waals surface area contributed by atoms with Gasteiger partial charge in [0.15, 0.2) is 0 Å². The number of hydrogen-bond donors (Lipinski definition) is 0. The molecule has 1 aliphatic heterocycles. The van der Waals surface area contributed by atoms with Crippen molar-refractivity contribution in [1.29, 1.82) is 0 Å². The molecule has 4 nitrogen and oxygen atoms in total. The van der Waals surface area contributed by atoms with Crippen molar-refractivity contribution in [2.45, 2.75) is 6.04 Å². The Morgan fingerprint density at radius 1 is 1.24 bits per heavy atom. The van der Waals surface area contributed by atoms with Crippen molar-refractivity contribution in [3.8, 4) is 0 Å². The molecule has 1 saturated carbocycles. The molecule has 1 spiro atoms. The van der Waals surface area contributed by atoms with Crippen molar-refractivity contribution in [1.82, 2.24) is 4.31 Å². The van der Waals surface area contributed by atoms with Crippen molar-refractivity contribution in [3.63, 3.8) is 0 Å². The molecule has 0 radical (unpaired) electrons. The Bertz CT molecular complexity index is 650. The largest absolute Gasteiger partial charge is 0.324 e. The molecule has 6 heteroatoms. The van der Waals surface area contributed by atoms with E-state index < -0.39 is 20.7 Å². The molecule has 0 aromatic carbocycles. The lowest BCUT2D eigenvalue weighted by atomic mass is 9.89. The monoisotopic (exact) mass is 269 g/mol. The fourth-order valence-electron chi connectivity index (χ4n) is 3.90. The second-order valence-corrected chi connectivity index (χ2v) is 7.28. The van der Waals surface area contributed by atoms with Gasteiger partial charge in [-0.05, 0) is 0 Å². The molecule has 0 unspecified atom stereocenters. The summed E-state index contributed by atoms with van der Waals surface area (Å²) in [5, 5.41) is 0. The summed E-state index contributed by atoms with van der Waals surface area (Å²) in [4.78, 5) is 12.2. The summed E-state index contributed by atoms with van der Waals surface area (Å²) < 4.78 is 23.7. The average molecular weight is 270 g/mol. The van der Waals surface area contributed by atoms with Gasteiger partial charge in [-0.3, -0.25) is 4.79 Å². The first-order valence-electron chi connectivity index (χ1n) is 5.29. The first kappa shape index (κ1) is 9.91.